The normalized spacial score (nSPS) is 27.4. The number of aliphatic hydroxyl groups is 1. The number of fused-ring (bicyclic) bond motifs is 2. The highest BCUT2D eigenvalue weighted by atomic mass is 19.3. The Balaban J connectivity index is 1.34. The van der Waals surface area contributed by atoms with Gasteiger partial charge >= 0.3 is 0 Å². The van der Waals surface area contributed by atoms with Crippen LogP contribution in [0.25, 0.3) is 0 Å². The minimum atomic E-state index is -2.58. The first-order chi connectivity index (χ1) is 15.8. The number of hydrogen-bond acceptors (Lipinski definition) is 4. The molecule has 2 atom stereocenters. The third kappa shape index (κ3) is 5.72. The average Bonchev–Trinajstić information content (AvgIpc) is 3.03. The van der Waals surface area contributed by atoms with Crippen LogP contribution < -0.4 is 5.73 Å². The van der Waals surface area contributed by atoms with Crippen molar-refractivity contribution in [2.45, 2.75) is 75.3 Å². The molecule has 1 aliphatic carbocycles. The fourth-order valence-electron chi connectivity index (χ4n) is 6.11. The summed E-state index contributed by atoms with van der Waals surface area (Å²) in [7, 11) is 0. The van der Waals surface area contributed by atoms with E-state index in [0.717, 1.165) is 37.8 Å². The molecule has 2 saturated heterocycles. The van der Waals surface area contributed by atoms with Gasteiger partial charge in [0, 0.05) is 50.1 Å². The molecular formula is C25H35F2N3O3. The van der Waals surface area contributed by atoms with Gasteiger partial charge < -0.3 is 15.7 Å². The molecule has 182 valence electrons. The van der Waals surface area contributed by atoms with Gasteiger partial charge in [-0.05, 0) is 68.1 Å². The van der Waals surface area contributed by atoms with Gasteiger partial charge in [0.15, 0.2) is 0 Å². The number of carbonyl (C=O) groups is 2. The number of nitrogens with two attached hydrogens (primary N) is 1. The van der Waals surface area contributed by atoms with E-state index in [2.05, 4.69) is 11.0 Å². The maximum Gasteiger partial charge on any atom is 0.248 e. The Morgan fingerprint density at radius 3 is 2.39 bits per heavy atom. The first kappa shape index (κ1) is 24.1. The largest absolute Gasteiger partial charge is 0.387 e. The van der Waals surface area contributed by atoms with Gasteiger partial charge in [0.2, 0.25) is 17.7 Å². The summed E-state index contributed by atoms with van der Waals surface area (Å²) in [5.74, 6) is -2.86. The van der Waals surface area contributed by atoms with E-state index in [1.807, 2.05) is 12.1 Å². The molecule has 0 spiro atoms. The first-order valence-corrected chi connectivity index (χ1v) is 12.2. The van der Waals surface area contributed by atoms with Crippen LogP contribution in [0, 0.1) is 5.92 Å². The van der Waals surface area contributed by atoms with Gasteiger partial charge in [0.25, 0.3) is 0 Å². The lowest BCUT2D eigenvalue weighted by molar-refractivity contribution is -0.135. The number of amides is 2. The van der Waals surface area contributed by atoms with Crippen molar-refractivity contribution < 1.29 is 23.5 Å². The number of alkyl halides is 2. The zero-order valence-electron chi connectivity index (χ0n) is 19.1. The smallest absolute Gasteiger partial charge is 0.248 e. The third-order valence-electron chi connectivity index (χ3n) is 7.96. The Bertz CT molecular complexity index is 841. The lowest BCUT2D eigenvalue weighted by Gasteiger charge is -2.40. The number of nitrogens with zero attached hydrogens (tertiary/aromatic N) is 2. The quantitative estimate of drug-likeness (QED) is 0.620. The number of rotatable bonds is 8. The molecule has 6 nitrogen and oxygen atoms in total. The summed E-state index contributed by atoms with van der Waals surface area (Å²) in [5, 5.41) is 9.44. The minimum absolute atomic E-state index is 0.0696. The zero-order valence-corrected chi connectivity index (χ0v) is 19.1. The Kier molecular flexibility index (Phi) is 7.34. The molecule has 2 bridgehead atoms. The van der Waals surface area contributed by atoms with Crippen LogP contribution in [-0.4, -0.2) is 71.0 Å². The Hall–Kier alpha value is -2.06. The van der Waals surface area contributed by atoms with Crippen LogP contribution in [0.5, 0.6) is 0 Å². The van der Waals surface area contributed by atoms with Gasteiger partial charge in [0.1, 0.15) is 6.61 Å². The van der Waals surface area contributed by atoms with E-state index in [1.165, 1.54) is 0 Å². The summed E-state index contributed by atoms with van der Waals surface area (Å²) in [6.07, 6.45) is 4.84. The number of carbonyl (C=O) groups excluding carboxylic acids is 2. The van der Waals surface area contributed by atoms with Gasteiger partial charge in [-0.2, -0.15) is 0 Å². The molecule has 3 N–H and O–H groups in total. The van der Waals surface area contributed by atoms with Crippen LogP contribution in [0.4, 0.5) is 8.78 Å². The lowest BCUT2D eigenvalue weighted by atomic mass is 9.84. The van der Waals surface area contributed by atoms with Crippen molar-refractivity contribution in [3.05, 3.63) is 35.4 Å². The standard InChI is InChI=1S/C25H35F2N3O3/c26-25(27)8-6-17(7-9-25)15-29(23(32)16-31)10-11-30-21-4-5-22(30)14-20(13-21)18-2-1-3-19(12-18)24(28)33/h1-3,12,17,20-22,31H,4-11,13-16H2,(H2,28,33). The molecule has 8 heteroatoms. The van der Waals surface area contributed by atoms with Crippen molar-refractivity contribution in [1.82, 2.24) is 9.80 Å². The van der Waals surface area contributed by atoms with Crippen LogP contribution in [0.2, 0.25) is 0 Å². The molecule has 4 rings (SSSR count). The molecule has 0 radical (unpaired) electrons. The van der Waals surface area contributed by atoms with Crippen LogP contribution >= 0.6 is 0 Å². The fourth-order valence-corrected chi connectivity index (χ4v) is 6.11. The van der Waals surface area contributed by atoms with E-state index in [0.29, 0.717) is 49.5 Å². The average molecular weight is 464 g/mol. The van der Waals surface area contributed by atoms with Crippen LogP contribution in [0.1, 0.15) is 73.2 Å². The predicted octanol–water partition coefficient (Wildman–Crippen LogP) is 3.14. The summed E-state index contributed by atoms with van der Waals surface area (Å²) >= 11 is 0. The second kappa shape index (κ2) is 10.1. The van der Waals surface area contributed by atoms with Gasteiger partial charge in [-0.3, -0.25) is 14.5 Å². The second-order valence-corrected chi connectivity index (χ2v) is 10.1. The topological polar surface area (TPSA) is 86.9 Å². The summed E-state index contributed by atoms with van der Waals surface area (Å²) in [5.41, 5.74) is 7.15. The highest BCUT2D eigenvalue weighted by Gasteiger charge is 2.41. The minimum Gasteiger partial charge on any atom is -0.387 e. The molecule has 1 saturated carbocycles. The summed E-state index contributed by atoms with van der Waals surface area (Å²) < 4.78 is 27.0. The molecular weight excluding hydrogens is 428 g/mol. The van der Waals surface area contributed by atoms with Crippen molar-refractivity contribution in [3.63, 3.8) is 0 Å². The van der Waals surface area contributed by atoms with E-state index in [-0.39, 0.29) is 24.7 Å². The second-order valence-electron chi connectivity index (χ2n) is 10.1. The van der Waals surface area contributed by atoms with E-state index in [4.69, 9.17) is 5.73 Å². The molecule has 3 fully saturated rings. The number of hydrogen-bond donors (Lipinski definition) is 2. The van der Waals surface area contributed by atoms with E-state index >= 15 is 0 Å². The van der Waals surface area contributed by atoms with Crippen LogP contribution in [0.15, 0.2) is 24.3 Å². The van der Waals surface area contributed by atoms with Gasteiger partial charge in [-0.25, -0.2) is 8.78 Å². The Morgan fingerprint density at radius 2 is 1.79 bits per heavy atom. The number of aliphatic hydroxyl groups excluding tert-OH is 1. The highest BCUT2D eigenvalue weighted by molar-refractivity contribution is 5.92. The van der Waals surface area contributed by atoms with Gasteiger partial charge in [0.05, 0.1) is 0 Å². The predicted molar refractivity (Wildman–Crippen MR) is 121 cm³/mol. The van der Waals surface area contributed by atoms with Gasteiger partial charge in [-0.15, -0.1) is 0 Å². The van der Waals surface area contributed by atoms with Gasteiger partial charge in [-0.1, -0.05) is 12.1 Å². The molecule has 1 aromatic rings. The van der Waals surface area contributed by atoms with Crippen molar-refractivity contribution >= 4 is 11.8 Å². The van der Waals surface area contributed by atoms with Crippen molar-refractivity contribution in [1.29, 1.82) is 0 Å². The van der Waals surface area contributed by atoms with Crippen LogP contribution in [0.3, 0.4) is 0 Å². The number of primary amides is 1. The summed E-state index contributed by atoms with van der Waals surface area (Å²) in [6.45, 7) is 1.15. The molecule has 1 aromatic carbocycles. The van der Waals surface area contributed by atoms with E-state index in [9.17, 15) is 23.5 Å². The molecule has 2 unspecified atom stereocenters. The fraction of sp³-hybridized carbons (Fsp3) is 0.680. The third-order valence-corrected chi connectivity index (χ3v) is 7.96. The molecule has 2 heterocycles. The lowest BCUT2D eigenvalue weighted by Crippen LogP contribution is -2.48. The zero-order chi connectivity index (χ0) is 23.6. The number of halogens is 2. The molecule has 3 aliphatic rings. The molecule has 2 aliphatic heterocycles. The van der Waals surface area contributed by atoms with Crippen LogP contribution in [-0.2, 0) is 4.79 Å². The number of benzene rings is 1. The summed E-state index contributed by atoms with van der Waals surface area (Å²) in [4.78, 5) is 28.1. The Labute approximate surface area is 194 Å². The molecule has 2 amide bonds. The maximum atomic E-state index is 13.5. The maximum absolute atomic E-state index is 13.5. The Morgan fingerprint density at radius 1 is 1.12 bits per heavy atom. The van der Waals surface area contributed by atoms with E-state index in [1.54, 1.807) is 11.0 Å². The summed E-state index contributed by atoms with van der Waals surface area (Å²) in [6, 6.07) is 8.47. The monoisotopic (exact) mass is 463 g/mol. The highest BCUT2D eigenvalue weighted by Crippen LogP contribution is 2.43. The molecule has 33 heavy (non-hydrogen) atoms. The van der Waals surface area contributed by atoms with Crippen molar-refractivity contribution in [3.8, 4) is 0 Å². The number of piperidine rings is 1. The van der Waals surface area contributed by atoms with Crippen molar-refractivity contribution in [2.75, 3.05) is 26.2 Å². The van der Waals surface area contributed by atoms with E-state index < -0.39 is 18.4 Å². The molecule has 0 aromatic heterocycles. The van der Waals surface area contributed by atoms with Crippen molar-refractivity contribution in [2.24, 2.45) is 11.7 Å². The SMILES string of the molecule is NC(=O)c1cccc(C2CC3CCC(C2)N3CCN(CC2CCC(F)(F)CC2)C(=O)CO)c1. The first-order valence-electron chi connectivity index (χ1n) is 12.2.